The first kappa shape index (κ1) is 21.0. The maximum Gasteiger partial charge on any atom is 0.259 e. The Hall–Kier alpha value is -3.26. The molecule has 3 aromatic rings. The van der Waals surface area contributed by atoms with Gasteiger partial charge in [0.1, 0.15) is 5.76 Å². The number of carbonyl (C=O) groups is 1. The number of nitrogens with zero attached hydrogens (tertiary/aromatic N) is 1. The molecule has 2 aromatic carbocycles. The maximum atomic E-state index is 13.0. The summed E-state index contributed by atoms with van der Waals surface area (Å²) in [6.45, 7) is 4.44. The second-order valence-electron chi connectivity index (χ2n) is 7.93. The number of carbonyl (C=O) groups excluding carboxylic acids is 1. The molecule has 1 aromatic heterocycles. The van der Waals surface area contributed by atoms with Gasteiger partial charge in [-0.3, -0.25) is 9.52 Å². The average Bonchev–Trinajstić information content (AvgIpc) is 3.28. The van der Waals surface area contributed by atoms with Crippen LogP contribution in [0.25, 0.3) is 0 Å². The highest BCUT2D eigenvalue weighted by Crippen LogP contribution is 2.33. The lowest BCUT2D eigenvalue weighted by molar-refractivity contribution is 0.102. The first-order chi connectivity index (χ1) is 14.7. The zero-order chi connectivity index (χ0) is 22.2. The molecule has 1 aliphatic rings. The Balaban J connectivity index is 1.53. The minimum absolute atomic E-state index is 0.306. The third-order valence-corrected chi connectivity index (χ3v) is 6.03. The van der Waals surface area contributed by atoms with E-state index in [1.54, 1.807) is 31.2 Å². The van der Waals surface area contributed by atoms with Crippen molar-refractivity contribution in [2.24, 2.45) is 0 Å². The fourth-order valence-corrected chi connectivity index (χ4v) is 4.52. The molecule has 0 radical (unpaired) electrons. The minimum atomic E-state index is -3.42. The van der Waals surface area contributed by atoms with Crippen molar-refractivity contribution < 1.29 is 17.6 Å². The second-order valence-corrected chi connectivity index (χ2v) is 9.67. The van der Waals surface area contributed by atoms with Crippen LogP contribution in [0.2, 0.25) is 0 Å². The number of hydrogen-bond donors (Lipinski definition) is 2. The van der Waals surface area contributed by atoms with Gasteiger partial charge in [0, 0.05) is 17.4 Å². The molecule has 31 heavy (non-hydrogen) atoms. The van der Waals surface area contributed by atoms with Crippen molar-refractivity contribution in [3.05, 3.63) is 77.2 Å². The maximum absolute atomic E-state index is 13.0. The van der Waals surface area contributed by atoms with E-state index in [1.807, 2.05) is 12.1 Å². The van der Waals surface area contributed by atoms with Gasteiger partial charge in [-0.2, -0.15) is 0 Å². The van der Waals surface area contributed by atoms with Gasteiger partial charge in [0.2, 0.25) is 10.0 Å². The van der Waals surface area contributed by atoms with Crippen LogP contribution in [0.15, 0.2) is 59.2 Å². The molecule has 162 valence electrons. The molecule has 0 bridgehead atoms. The predicted octanol–water partition coefficient (Wildman–Crippen LogP) is 4.16. The Kier molecular flexibility index (Phi) is 5.49. The first-order valence-electron chi connectivity index (χ1n) is 10.0. The highest BCUT2D eigenvalue weighted by atomic mass is 32.2. The lowest BCUT2D eigenvalue weighted by Gasteiger charge is -2.24. The molecule has 0 saturated carbocycles. The van der Waals surface area contributed by atoms with Crippen LogP contribution in [-0.2, 0) is 23.0 Å². The van der Waals surface area contributed by atoms with Gasteiger partial charge in [-0.05, 0) is 55.7 Å². The van der Waals surface area contributed by atoms with Gasteiger partial charge in [-0.25, -0.2) is 8.42 Å². The third-order valence-electron chi connectivity index (χ3n) is 5.44. The average molecular weight is 440 g/mol. The van der Waals surface area contributed by atoms with Crippen molar-refractivity contribution in [3.8, 4) is 0 Å². The van der Waals surface area contributed by atoms with Gasteiger partial charge in [0.05, 0.1) is 30.3 Å². The summed E-state index contributed by atoms with van der Waals surface area (Å²) in [6, 6.07) is 15.3. The van der Waals surface area contributed by atoms with Crippen LogP contribution < -0.4 is 14.9 Å². The number of hydrogen-bond acceptors (Lipinski definition) is 5. The molecule has 4 rings (SSSR count). The SMILES string of the molecule is Cc1ccc(NC(=O)c2ccoc2CN2c3ccccc3CC2C)cc1NS(C)(=O)=O. The van der Waals surface area contributed by atoms with Gasteiger partial charge in [-0.15, -0.1) is 0 Å². The van der Waals surface area contributed by atoms with Crippen molar-refractivity contribution in [3.63, 3.8) is 0 Å². The smallest absolute Gasteiger partial charge is 0.259 e. The summed E-state index contributed by atoms with van der Waals surface area (Å²) in [7, 11) is -3.42. The number of anilines is 3. The lowest BCUT2D eigenvalue weighted by atomic mass is 10.1. The van der Waals surface area contributed by atoms with E-state index in [-0.39, 0.29) is 5.91 Å². The van der Waals surface area contributed by atoms with E-state index < -0.39 is 10.0 Å². The molecule has 0 aliphatic carbocycles. The number of furan rings is 1. The summed E-state index contributed by atoms with van der Waals surface area (Å²) in [5.41, 5.74) is 4.58. The predicted molar refractivity (Wildman–Crippen MR) is 122 cm³/mol. The second kappa shape index (κ2) is 8.11. The van der Waals surface area contributed by atoms with Crippen molar-refractivity contribution >= 4 is 33.0 Å². The number of para-hydroxylation sites is 1. The van der Waals surface area contributed by atoms with Gasteiger partial charge >= 0.3 is 0 Å². The van der Waals surface area contributed by atoms with Gasteiger partial charge in [0.25, 0.3) is 5.91 Å². The highest BCUT2D eigenvalue weighted by molar-refractivity contribution is 7.92. The standard InChI is InChI=1S/C23H25N3O4S/c1-15-8-9-18(13-20(15)25-31(3,28)29)24-23(27)19-10-11-30-22(19)14-26-16(2)12-17-6-4-5-7-21(17)26/h4-11,13,16,25H,12,14H2,1-3H3,(H,24,27). The number of amides is 1. The summed E-state index contributed by atoms with van der Waals surface area (Å²) in [5, 5.41) is 2.84. The molecule has 8 heteroatoms. The number of fused-ring (bicyclic) bond motifs is 1. The summed E-state index contributed by atoms with van der Waals surface area (Å²) in [6.07, 6.45) is 3.56. The largest absolute Gasteiger partial charge is 0.467 e. The fraction of sp³-hybridized carbons (Fsp3) is 0.261. The van der Waals surface area contributed by atoms with Crippen LogP contribution in [0.1, 0.15) is 34.2 Å². The van der Waals surface area contributed by atoms with Crippen LogP contribution in [0.4, 0.5) is 17.1 Å². The molecule has 1 unspecified atom stereocenters. The van der Waals surface area contributed by atoms with E-state index >= 15 is 0 Å². The molecule has 0 fully saturated rings. The van der Waals surface area contributed by atoms with Gasteiger partial charge in [0.15, 0.2) is 0 Å². The first-order valence-corrected chi connectivity index (χ1v) is 11.9. The van der Waals surface area contributed by atoms with E-state index in [4.69, 9.17) is 4.42 Å². The Morgan fingerprint density at radius 3 is 2.74 bits per heavy atom. The number of rotatable bonds is 6. The van der Waals surface area contributed by atoms with E-state index in [9.17, 15) is 13.2 Å². The van der Waals surface area contributed by atoms with E-state index in [2.05, 4.69) is 34.0 Å². The van der Waals surface area contributed by atoms with Crippen molar-refractivity contribution in [1.29, 1.82) is 0 Å². The number of aryl methyl sites for hydroxylation is 1. The highest BCUT2D eigenvalue weighted by Gasteiger charge is 2.28. The number of nitrogens with one attached hydrogen (secondary N) is 2. The minimum Gasteiger partial charge on any atom is -0.467 e. The topological polar surface area (TPSA) is 91.7 Å². The van der Waals surface area contributed by atoms with Crippen LogP contribution in [0, 0.1) is 6.92 Å². The van der Waals surface area contributed by atoms with Crippen LogP contribution >= 0.6 is 0 Å². The Morgan fingerprint density at radius 2 is 1.97 bits per heavy atom. The lowest BCUT2D eigenvalue weighted by Crippen LogP contribution is -2.29. The fourth-order valence-electron chi connectivity index (χ4n) is 3.90. The molecule has 2 heterocycles. The van der Waals surface area contributed by atoms with Gasteiger partial charge < -0.3 is 14.6 Å². The van der Waals surface area contributed by atoms with E-state index in [1.165, 1.54) is 11.8 Å². The summed E-state index contributed by atoms with van der Waals surface area (Å²) in [5.74, 6) is 0.278. The summed E-state index contributed by atoms with van der Waals surface area (Å²) < 4.78 is 31.3. The van der Waals surface area contributed by atoms with Crippen LogP contribution in [0.5, 0.6) is 0 Å². The molecular weight excluding hydrogens is 414 g/mol. The monoisotopic (exact) mass is 439 g/mol. The molecular formula is C23H25N3O4S. The summed E-state index contributed by atoms with van der Waals surface area (Å²) >= 11 is 0. The van der Waals surface area contributed by atoms with Crippen molar-refractivity contribution in [1.82, 2.24) is 0 Å². The number of sulfonamides is 1. The Bertz CT molecular complexity index is 1230. The third kappa shape index (κ3) is 4.59. The normalized spacial score (nSPS) is 15.6. The molecule has 2 N–H and O–H groups in total. The number of benzene rings is 2. The molecule has 0 saturated heterocycles. The molecule has 0 spiro atoms. The van der Waals surface area contributed by atoms with Crippen molar-refractivity contribution in [2.45, 2.75) is 32.9 Å². The van der Waals surface area contributed by atoms with Crippen LogP contribution in [0.3, 0.4) is 0 Å². The molecule has 1 aliphatic heterocycles. The van der Waals surface area contributed by atoms with Crippen LogP contribution in [-0.4, -0.2) is 26.6 Å². The summed E-state index contributed by atoms with van der Waals surface area (Å²) in [4.78, 5) is 15.2. The molecule has 1 atom stereocenters. The van der Waals surface area contributed by atoms with Gasteiger partial charge in [-0.1, -0.05) is 24.3 Å². The zero-order valence-corrected chi connectivity index (χ0v) is 18.5. The Morgan fingerprint density at radius 1 is 1.19 bits per heavy atom. The zero-order valence-electron chi connectivity index (χ0n) is 17.7. The molecule has 7 nitrogen and oxygen atoms in total. The Labute approximate surface area is 182 Å². The van der Waals surface area contributed by atoms with Crippen molar-refractivity contribution in [2.75, 3.05) is 21.2 Å². The molecule has 1 amide bonds. The van der Waals surface area contributed by atoms with E-state index in [0.29, 0.717) is 35.3 Å². The van der Waals surface area contributed by atoms with E-state index in [0.717, 1.165) is 23.9 Å². The quantitative estimate of drug-likeness (QED) is 0.602.